The molecule has 150 valence electrons. The summed E-state index contributed by atoms with van der Waals surface area (Å²) >= 11 is 0. The first-order valence-electron chi connectivity index (χ1n) is 9.58. The lowest BCUT2D eigenvalue weighted by Crippen LogP contribution is -2.25. The van der Waals surface area contributed by atoms with Gasteiger partial charge >= 0.3 is 5.69 Å². The number of nitrogens with one attached hydrogen (secondary N) is 3. The summed E-state index contributed by atoms with van der Waals surface area (Å²) in [5.74, 6) is -0.451. The fourth-order valence-corrected chi connectivity index (χ4v) is 3.70. The molecule has 0 saturated carbocycles. The number of carbonyl (C=O) groups is 1. The zero-order valence-corrected chi connectivity index (χ0v) is 15.7. The number of imidazole rings is 1. The van der Waals surface area contributed by atoms with Gasteiger partial charge in [0.15, 0.2) is 0 Å². The first kappa shape index (κ1) is 18.7. The molecule has 29 heavy (non-hydrogen) atoms. The zero-order valence-electron chi connectivity index (χ0n) is 15.7. The molecule has 3 aromatic rings. The molecule has 0 unspecified atom stereocenters. The first-order chi connectivity index (χ1) is 14.0. The van der Waals surface area contributed by atoms with Gasteiger partial charge in [-0.2, -0.15) is 0 Å². The Morgan fingerprint density at radius 2 is 1.72 bits per heavy atom. The number of aromatic nitrogens is 2. The number of fused-ring (bicyclic) bond motifs is 1. The lowest BCUT2D eigenvalue weighted by molar-refractivity contribution is -0.384. The number of nitro groups is 1. The first-order valence-corrected chi connectivity index (χ1v) is 9.58. The minimum absolute atomic E-state index is 0.0648. The van der Waals surface area contributed by atoms with Gasteiger partial charge in [0, 0.05) is 30.4 Å². The van der Waals surface area contributed by atoms with Gasteiger partial charge in [-0.3, -0.25) is 14.9 Å². The summed E-state index contributed by atoms with van der Waals surface area (Å²) in [7, 11) is 0. The average molecular weight is 395 g/mol. The molecule has 0 spiro atoms. The van der Waals surface area contributed by atoms with E-state index in [2.05, 4.69) is 15.3 Å². The van der Waals surface area contributed by atoms with E-state index in [1.54, 1.807) is 30.3 Å². The van der Waals surface area contributed by atoms with Crippen molar-refractivity contribution in [2.75, 3.05) is 23.3 Å². The molecule has 2 heterocycles. The van der Waals surface area contributed by atoms with Crippen LogP contribution in [0.4, 0.5) is 17.1 Å². The molecular weight excluding hydrogens is 374 g/mol. The Hall–Kier alpha value is -3.62. The fraction of sp³-hybridized carbons (Fsp3) is 0.300. The monoisotopic (exact) mass is 395 g/mol. The third-order valence-corrected chi connectivity index (χ3v) is 5.15. The van der Waals surface area contributed by atoms with Crippen LogP contribution in [-0.4, -0.2) is 33.9 Å². The molecule has 1 aromatic heterocycles. The second-order valence-electron chi connectivity index (χ2n) is 7.16. The fourth-order valence-electron chi connectivity index (χ4n) is 3.70. The molecule has 1 aliphatic heterocycles. The molecular formula is C20H21N5O4. The molecule has 1 aliphatic rings. The maximum Gasteiger partial charge on any atom is 0.323 e. The number of hydrogen-bond acceptors (Lipinski definition) is 5. The van der Waals surface area contributed by atoms with Crippen molar-refractivity contribution >= 4 is 34.0 Å². The minimum Gasteiger partial charge on any atom is -0.366 e. The summed E-state index contributed by atoms with van der Waals surface area (Å²) in [4.78, 5) is 42.5. The second-order valence-corrected chi connectivity index (χ2v) is 7.16. The van der Waals surface area contributed by atoms with Gasteiger partial charge in [-0.05, 0) is 43.2 Å². The van der Waals surface area contributed by atoms with E-state index in [4.69, 9.17) is 0 Å². The molecule has 1 saturated heterocycles. The van der Waals surface area contributed by atoms with Gasteiger partial charge in [-0.15, -0.1) is 0 Å². The number of nitro benzene ring substituents is 1. The Labute approximate surface area is 165 Å². The van der Waals surface area contributed by atoms with Crippen LogP contribution in [0.5, 0.6) is 0 Å². The van der Waals surface area contributed by atoms with Gasteiger partial charge in [0.1, 0.15) is 5.69 Å². The Kier molecular flexibility index (Phi) is 5.03. The number of anilines is 2. The maximum absolute atomic E-state index is 12.6. The molecule has 9 nitrogen and oxygen atoms in total. The predicted octanol–water partition coefficient (Wildman–Crippen LogP) is 3.40. The van der Waals surface area contributed by atoms with Crippen LogP contribution in [0.15, 0.2) is 41.2 Å². The van der Waals surface area contributed by atoms with E-state index in [9.17, 15) is 19.7 Å². The van der Waals surface area contributed by atoms with E-state index in [-0.39, 0.29) is 16.9 Å². The quantitative estimate of drug-likeness (QED) is 0.461. The Bertz CT molecular complexity index is 1130. The summed E-state index contributed by atoms with van der Waals surface area (Å²) < 4.78 is 0. The number of aromatic amines is 2. The maximum atomic E-state index is 12.6. The summed E-state index contributed by atoms with van der Waals surface area (Å²) in [6.07, 6.45) is 4.26. The predicted molar refractivity (Wildman–Crippen MR) is 111 cm³/mol. The van der Waals surface area contributed by atoms with Gasteiger partial charge in [-0.1, -0.05) is 12.8 Å². The largest absolute Gasteiger partial charge is 0.366 e. The Morgan fingerprint density at radius 3 is 2.45 bits per heavy atom. The topological polar surface area (TPSA) is 124 Å². The number of rotatable bonds is 4. The van der Waals surface area contributed by atoms with Crippen LogP contribution in [-0.2, 0) is 0 Å². The molecule has 9 heteroatoms. The van der Waals surface area contributed by atoms with Gasteiger partial charge in [0.05, 0.1) is 16.0 Å². The minimum atomic E-state index is -0.451. The van der Waals surface area contributed by atoms with Crippen LogP contribution in [0.3, 0.4) is 0 Å². The standard InChI is InChI=1S/C20H21N5O4/c26-19(21-14-6-7-15-16(12-14)23-20(27)22-15)13-5-8-17(18(11-13)25(28)29)24-9-3-1-2-4-10-24/h5-8,11-12H,1-4,9-10H2,(H,21,26)(H2,22,23,27). The number of hydrogen-bond donors (Lipinski definition) is 3. The summed E-state index contributed by atoms with van der Waals surface area (Å²) in [6.45, 7) is 1.56. The highest BCUT2D eigenvalue weighted by Gasteiger charge is 2.22. The molecule has 0 atom stereocenters. The Balaban J connectivity index is 1.59. The average Bonchev–Trinajstić information content (AvgIpc) is 2.89. The zero-order chi connectivity index (χ0) is 20.4. The van der Waals surface area contributed by atoms with Crippen molar-refractivity contribution in [3.8, 4) is 0 Å². The number of H-pyrrole nitrogens is 2. The normalized spacial score (nSPS) is 14.6. The second kappa shape index (κ2) is 7.78. The van der Waals surface area contributed by atoms with Crippen LogP contribution in [0.2, 0.25) is 0 Å². The number of benzene rings is 2. The lowest BCUT2D eigenvalue weighted by Gasteiger charge is -2.22. The van der Waals surface area contributed by atoms with Crippen molar-refractivity contribution in [3.63, 3.8) is 0 Å². The van der Waals surface area contributed by atoms with Gasteiger partial charge < -0.3 is 20.2 Å². The molecule has 2 aromatic carbocycles. The van der Waals surface area contributed by atoms with Gasteiger partial charge in [0.25, 0.3) is 11.6 Å². The van der Waals surface area contributed by atoms with Crippen LogP contribution in [0.25, 0.3) is 11.0 Å². The van der Waals surface area contributed by atoms with E-state index in [0.717, 1.165) is 38.8 Å². The Morgan fingerprint density at radius 1 is 1.00 bits per heavy atom. The van der Waals surface area contributed by atoms with Crippen LogP contribution in [0, 0.1) is 10.1 Å². The highest BCUT2D eigenvalue weighted by Crippen LogP contribution is 2.31. The van der Waals surface area contributed by atoms with Crippen molar-refractivity contribution in [2.45, 2.75) is 25.7 Å². The van der Waals surface area contributed by atoms with E-state index < -0.39 is 10.8 Å². The van der Waals surface area contributed by atoms with Crippen molar-refractivity contribution in [3.05, 3.63) is 62.6 Å². The molecule has 4 rings (SSSR count). The molecule has 0 radical (unpaired) electrons. The van der Waals surface area contributed by atoms with Crippen LogP contribution in [0.1, 0.15) is 36.0 Å². The third-order valence-electron chi connectivity index (χ3n) is 5.15. The van der Waals surface area contributed by atoms with Crippen LogP contribution < -0.4 is 15.9 Å². The van der Waals surface area contributed by atoms with E-state index in [0.29, 0.717) is 22.4 Å². The SMILES string of the molecule is O=C(Nc1ccc2[nH]c(=O)[nH]c2c1)c1ccc(N2CCCCCC2)c([N+](=O)[O-])c1. The number of amides is 1. The van der Waals surface area contributed by atoms with Gasteiger partial charge in [0.2, 0.25) is 0 Å². The molecule has 1 amide bonds. The van der Waals surface area contributed by atoms with Gasteiger partial charge in [-0.25, -0.2) is 4.79 Å². The molecule has 0 aliphatic carbocycles. The van der Waals surface area contributed by atoms with Crippen molar-refractivity contribution in [1.29, 1.82) is 0 Å². The van der Waals surface area contributed by atoms with E-state index >= 15 is 0 Å². The summed E-state index contributed by atoms with van der Waals surface area (Å²) in [6, 6.07) is 9.56. The van der Waals surface area contributed by atoms with E-state index in [1.165, 1.54) is 6.07 Å². The molecule has 1 fully saturated rings. The van der Waals surface area contributed by atoms with Crippen molar-refractivity contribution in [2.24, 2.45) is 0 Å². The smallest absolute Gasteiger partial charge is 0.323 e. The third kappa shape index (κ3) is 3.98. The van der Waals surface area contributed by atoms with E-state index in [1.807, 2.05) is 4.90 Å². The molecule has 0 bridgehead atoms. The lowest BCUT2D eigenvalue weighted by atomic mass is 10.1. The highest BCUT2D eigenvalue weighted by molar-refractivity contribution is 6.05. The van der Waals surface area contributed by atoms with Crippen LogP contribution >= 0.6 is 0 Å². The highest BCUT2D eigenvalue weighted by atomic mass is 16.6. The summed E-state index contributed by atoms with van der Waals surface area (Å²) in [5, 5.41) is 14.4. The summed E-state index contributed by atoms with van der Waals surface area (Å²) in [5.41, 5.74) is 2.04. The number of carbonyl (C=O) groups excluding carboxylic acids is 1. The molecule has 3 N–H and O–H groups in total. The van der Waals surface area contributed by atoms with Crippen molar-refractivity contribution in [1.82, 2.24) is 9.97 Å². The van der Waals surface area contributed by atoms with Crippen molar-refractivity contribution < 1.29 is 9.72 Å². The number of nitrogens with zero attached hydrogens (tertiary/aromatic N) is 2.